The lowest BCUT2D eigenvalue weighted by atomic mass is 9.97. The molecule has 0 unspecified atom stereocenters. The molecule has 118 valence electrons. The third-order valence-electron chi connectivity index (χ3n) is 4.21. The Kier molecular flexibility index (Phi) is 4.80. The molecule has 1 aliphatic rings. The van der Waals surface area contributed by atoms with Gasteiger partial charge in [-0.3, -0.25) is 4.68 Å². The zero-order chi connectivity index (χ0) is 15.4. The van der Waals surface area contributed by atoms with Gasteiger partial charge in [-0.15, -0.1) is 0 Å². The van der Waals surface area contributed by atoms with Crippen molar-refractivity contribution in [3.63, 3.8) is 0 Å². The van der Waals surface area contributed by atoms with E-state index in [9.17, 15) is 9.50 Å². The van der Waals surface area contributed by atoms with Crippen LogP contribution in [0, 0.1) is 11.7 Å². The van der Waals surface area contributed by atoms with Gasteiger partial charge >= 0.3 is 0 Å². The minimum atomic E-state index is -0.786. The fourth-order valence-corrected chi connectivity index (χ4v) is 3.15. The van der Waals surface area contributed by atoms with E-state index in [0.717, 1.165) is 32.5 Å². The lowest BCUT2D eigenvalue weighted by Gasteiger charge is -2.33. The molecule has 0 radical (unpaired) electrons. The molecule has 3 rings (SSSR count). The Labute approximate surface area is 129 Å². The molecule has 0 spiro atoms. The number of likely N-dealkylation sites (tertiary alicyclic amines) is 1. The van der Waals surface area contributed by atoms with Crippen molar-refractivity contribution in [3.05, 3.63) is 48.3 Å². The second-order valence-electron chi connectivity index (χ2n) is 5.92. The molecule has 6 heteroatoms. The van der Waals surface area contributed by atoms with Crippen LogP contribution in [0.15, 0.2) is 36.9 Å². The summed E-state index contributed by atoms with van der Waals surface area (Å²) in [5.74, 6) is 0.148. The van der Waals surface area contributed by atoms with Crippen molar-refractivity contribution in [3.8, 4) is 0 Å². The van der Waals surface area contributed by atoms with Gasteiger partial charge in [0.15, 0.2) is 0 Å². The van der Waals surface area contributed by atoms with Crippen molar-refractivity contribution < 1.29 is 9.50 Å². The van der Waals surface area contributed by atoms with Gasteiger partial charge in [-0.25, -0.2) is 9.37 Å². The smallest absolute Gasteiger partial charge is 0.137 e. The van der Waals surface area contributed by atoms with Gasteiger partial charge < -0.3 is 10.0 Å². The lowest BCUT2D eigenvalue weighted by Crippen LogP contribution is -2.39. The van der Waals surface area contributed by atoms with E-state index in [1.165, 1.54) is 6.07 Å². The largest absolute Gasteiger partial charge is 0.387 e. The number of β-amino-alcohol motifs (C(OH)–C–C–N with tert-alkyl or cyclic N) is 1. The Bertz CT molecular complexity index is 590. The molecule has 22 heavy (non-hydrogen) atoms. The second kappa shape index (κ2) is 6.98. The molecule has 2 aromatic rings. The van der Waals surface area contributed by atoms with Gasteiger partial charge in [0.05, 0.1) is 6.10 Å². The van der Waals surface area contributed by atoms with Crippen LogP contribution in [0.3, 0.4) is 0 Å². The van der Waals surface area contributed by atoms with Crippen molar-refractivity contribution in [2.75, 3.05) is 19.6 Å². The monoisotopic (exact) mass is 304 g/mol. The molecular weight excluding hydrogens is 283 g/mol. The van der Waals surface area contributed by atoms with E-state index in [-0.39, 0.29) is 5.82 Å². The highest BCUT2D eigenvalue weighted by atomic mass is 19.1. The maximum Gasteiger partial charge on any atom is 0.137 e. The Morgan fingerprint density at radius 2 is 2.23 bits per heavy atom. The first kappa shape index (κ1) is 15.1. The summed E-state index contributed by atoms with van der Waals surface area (Å²) >= 11 is 0. The Morgan fingerprint density at radius 3 is 3.00 bits per heavy atom. The second-order valence-corrected chi connectivity index (χ2v) is 5.92. The van der Waals surface area contributed by atoms with E-state index in [0.29, 0.717) is 18.0 Å². The van der Waals surface area contributed by atoms with Crippen LogP contribution >= 0.6 is 0 Å². The third kappa shape index (κ3) is 3.69. The summed E-state index contributed by atoms with van der Waals surface area (Å²) < 4.78 is 15.6. The summed E-state index contributed by atoms with van der Waals surface area (Å²) in [6.45, 7) is 3.14. The molecule has 1 aromatic carbocycles. The van der Waals surface area contributed by atoms with Gasteiger partial charge in [0.25, 0.3) is 0 Å². The zero-order valence-corrected chi connectivity index (χ0v) is 12.5. The minimum Gasteiger partial charge on any atom is -0.387 e. The lowest BCUT2D eigenvalue weighted by molar-refractivity contribution is 0.0780. The maximum atomic E-state index is 13.7. The number of rotatable bonds is 5. The van der Waals surface area contributed by atoms with Gasteiger partial charge in [0, 0.05) is 25.2 Å². The molecular formula is C16H21FN4O. The van der Waals surface area contributed by atoms with Crippen LogP contribution in [0.5, 0.6) is 0 Å². The van der Waals surface area contributed by atoms with Crippen LogP contribution in [0.25, 0.3) is 0 Å². The molecule has 2 atom stereocenters. The number of halogens is 1. The molecule has 1 saturated heterocycles. The SMILES string of the molecule is O[C@@H](CN1CCC[C@@H](Cn2cncn2)C1)c1ccccc1F. The summed E-state index contributed by atoms with van der Waals surface area (Å²) in [7, 11) is 0. The standard InChI is InChI=1S/C16H21FN4O/c17-15-6-2-1-5-14(15)16(22)10-20-7-3-4-13(8-20)9-21-12-18-11-19-21/h1-2,5-6,11-13,16,22H,3-4,7-10H2/t13-,16+/m1/s1. The van der Waals surface area contributed by atoms with E-state index in [1.54, 1.807) is 30.9 Å². The van der Waals surface area contributed by atoms with Crippen LogP contribution in [0.4, 0.5) is 4.39 Å². The number of hydrogen-bond acceptors (Lipinski definition) is 4. The van der Waals surface area contributed by atoms with E-state index in [1.807, 2.05) is 4.68 Å². The third-order valence-corrected chi connectivity index (χ3v) is 4.21. The predicted octanol–water partition coefficient (Wildman–Crippen LogP) is 1.86. The summed E-state index contributed by atoms with van der Waals surface area (Å²) in [6, 6.07) is 6.44. The first-order valence-electron chi connectivity index (χ1n) is 7.69. The molecule has 2 heterocycles. The Balaban J connectivity index is 1.57. The molecule has 1 fully saturated rings. The Morgan fingerprint density at radius 1 is 1.36 bits per heavy atom. The number of hydrogen-bond donors (Lipinski definition) is 1. The molecule has 5 nitrogen and oxygen atoms in total. The van der Waals surface area contributed by atoms with Crippen molar-refractivity contribution >= 4 is 0 Å². The zero-order valence-electron chi connectivity index (χ0n) is 12.5. The summed E-state index contributed by atoms with van der Waals surface area (Å²) in [4.78, 5) is 6.17. The van der Waals surface area contributed by atoms with Crippen LogP contribution in [0.2, 0.25) is 0 Å². The molecule has 0 amide bonds. The number of aliphatic hydroxyl groups excluding tert-OH is 1. The highest BCUT2D eigenvalue weighted by Crippen LogP contribution is 2.22. The van der Waals surface area contributed by atoms with Gasteiger partial charge in [-0.2, -0.15) is 5.10 Å². The number of nitrogens with zero attached hydrogens (tertiary/aromatic N) is 4. The van der Waals surface area contributed by atoms with Crippen LogP contribution in [0.1, 0.15) is 24.5 Å². The minimum absolute atomic E-state index is 0.342. The summed E-state index contributed by atoms with van der Waals surface area (Å²) in [5.41, 5.74) is 0.376. The number of benzene rings is 1. The number of aromatic nitrogens is 3. The van der Waals surface area contributed by atoms with E-state index in [4.69, 9.17) is 0 Å². The van der Waals surface area contributed by atoms with Crippen LogP contribution in [-0.2, 0) is 6.54 Å². The first-order valence-corrected chi connectivity index (χ1v) is 7.69. The molecule has 0 saturated carbocycles. The van der Waals surface area contributed by atoms with Gasteiger partial charge in [0.2, 0.25) is 0 Å². The molecule has 1 aromatic heterocycles. The van der Waals surface area contributed by atoms with E-state index >= 15 is 0 Å². The van der Waals surface area contributed by atoms with Gasteiger partial charge in [0.1, 0.15) is 18.5 Å². The average molecular weight is 304 g/mol. The van der Waals surface area contributed by atoms with Gasteiger partial charge in [-0.1, -0.05) is 18.2 Å². The van der Waals surface area contributed by atoms with Crippen molar-refractivity contribution in [2.24, 2.45) is 5.92 Å². The number of piperidine rings is 1. The van der Waals surface area contributed by atoms with E-state index in [2.05, 4.69) is 15.0 Å². The van der Waals surface area contributed by atoms with Crippen LogP contribution < -0.4 is 0 Å². The van der Waals surface area contributed by atoms with Gasteiger partial charge in [-0.05, 0) is 31.4 Å². The molecule has 0 aliphatic carbocycles. The molecule has 1 N–H and O–H groups in total. The van der Waals surface area contributed by atoms with E-state index < -0.39 is 6.10 Å². The van der Waals surface area contributed by atoms with Crippen molar-refractivity contribution in [2.45, 2.75) is 25.5 Å². The summed E-state index contributed by atoms with van der Waals surface area (Å²) in [5, 5.41) is 14.4. The van der Waals surface area contributed by atoms with Crippen molar-refractivity contribution in [1.29, 1.82) is 0 Å². The average Bonchev–Trinajstić information content (AvgIpc) is 3.01. The topological polar surface area (TPSA) is 54.2 Å². The van der Waals surface area contributed by atoms with Crippen LogP contribution in [-0.4, -0.2) is 44.4 Å². The highest BCUT2D eigenvalue weighted by molar-refractivity contribution is 5.20. The fraction of sp³-hybridized carbons (Fsp3) is 0.500. The Hall–Kier alpha value is -1.79. The maximum absolute atomic E-state index is 13.7. The molecule has 1 aliphatic heterocycles. The summed E-state index contributed by atoms with van der Waals surface area (Å²) in [6.07, 6.45) is 4.72. The number of aliphatic hydroxyl groups is 1. The predicted molar refractivity (Wildman–Crippen MR) is 80.5 cm³/mol. The fourth-order valence-electron chi connectivity index (χ4n) is 3.15. The first-order chi connectivity index (χ1) is 10.7. The normalized spacial score (nSPS) is 20.9. The highest BCUT2D eigenvalue weighted by Gasteiger charge is 2.23. The quantitative estimate of drug-likeness (QED) is 0.916. The molecule has 0 bridgehead atoms. The van der Waals surface area contributed by atoms with Crippen molar-refractivity contribution in [1.82, 2.24) is 19.7 Å².